The lowest BCUT2D eigenvalue weighted by molar-refractivity contribution is 0.575. The summed E-state index contributed by atoms with van der Waals surface area (Å²) in [6.45, 7) is 1.88. The average molecular weight is 250 g/mol. The molecule has 0 fully saturated rings. The van der Waals surface area contributed by atoms with E-state index >= 15 is 0 Å². The Kier molecular flexibility index (Phi) is 2.91. The van der Waals surface area contributed by atoms with Crippen molar-refractivity contribution in [2.75, 3.05) is 11.7 Å². The Hall–Kier alpha value is -1.42. The smallest absolute Gasteiger partial charge is 0.300 e. The summed E-state index contributed by atoms with van der Waals surface area (Å²) in [4.78, 5) is 4.40. The van der Waals surface area contributed by atoms with Crippen LogP contribution in [0.25, 0.3) is 10.9 Å². The largest absolute Gasteiger partial charge is 0.302 e. The van der Waals surface area contributed by atoms with Crippen LogP contribution in [0.3, 0.4) is 0 Å². The van der Waals surface area contributed by atoms with Crippen molar-refractivity contribution in [2.24, 2.45) is 11.0 Å². The van der Waals surface area contributed by atoms with Crippen LogP contribution in [-0.4, -0.2) is 12.0 Å². The van der Waals surface area contributed by atoms with Crippen LogP contribution in [-0.2, 0) is 4.57 Å². The molecule has 5 nitrogen and oxygen atoms in total. The molecular weight excluding hydrogens is 235 g/mol. The van der Waals surface area contributed by atoms with Gasteiger partial charge in [0.2, 0.25) is 0 Å². The molecule has 1 aromatic heterocycles. The summed E-state index contributed by atoms with van der Waals surface area (Å²) in [5, 5.41) is 0.886. The van der Waals surface area contributed by atoms with Crippen LogP contribution in [0.15, 0.2) is 30.3 Å². The first-order chi connectivity index (χ1) is 7.89. The third kappa shape index (κ3) is 2.31. The monoisotopic (exact) mass is 250 g/mol. The third-order valence-corrected chi connectivity index (χ3v) is 3.79. The van der Waals surface area contributed by atoms with Gasteiger partial charge in [0.15, 0.2) is 0 Å². The fourth-order valence-electron chi connectivity index (χ4n) is 1.72. The summed E-state index contributed by atoms with van der Waals surface area (Å²) >= 11 is 0. The molecule has 2 aromatic rings. The fraction of sp³-hybridized carbons (Fsp3) is 0.182. The first-order valence-electron chi connectivity index (χ1n) is 5.17. The van der Waals surface area contributed by atoms with Crippen LogP contribution in [0.4, 0.5) is 5.69 Å². The van der Waals surface area contributed by atoms with Crippen LogP contribution in [0.1, 0.15) is 5.69 Å². The minimum Gasteiger partial charge on any atom is -0.302 e. The van der Waals surface area contributed by atoms with Crippen molar-refractivity contribution in [2.45, 2.75) is 6.92 Å². The van der Waals surface area contributed by atoms with E-state index in [0.29, 0.717) is 0 Å². The predicted molar refractivity (Wildman–Crippen MR) is 70.9 cm³/mol. The lowest BCUT2D eigenvalue weighted by atomic mass is 10.1. The Morgan fingerprint density at radius 1 is 1.29 bits per heavy atom. The molecule has 0 unspecified atom stereocenters. The standard InChI is InChI=1S/C11H15N4OP/c1-8-7-11(15(2)17(12,13)16)9-5-3-4-6-10(9)14-8/h3-7H,1-2H3,(H4,12,13,16). The molecule has 0 amide bonds. The quantitative estimate of drug-likeness (QED) is 0.796. The zero-order valence-electron chi connectivity index (χ0n) is 9.79. The van der Waals surface area contributed by atoms with Gasteiger partial charge >= 0.3 is 0 Å². The van der Waals surface area contributed by atoms with Gasteiger partial charge in [-0.3, -0.25) is 20.6 Å². The van der Waals surface area contributed by atoms with Gasteiger partial charge in [0.05, 0.1) is 11.2 Å². The summed E-state index contributed by atoms with van der Waals surface area (Å²) in [6, 6.07) is 9.44. The minimum absolute atomic E-state index is 0.737. The van der Waals surface area contributed by atoms with Crippen molar-refractivity contribution >= 4 is 24.2 Å². The number of aromatic nitrogens is 1. The molecule has 0 saturated heterocycles. The van der Waals surface area contributed by atoms with Gasteiger partial charge in [-0.25, -0.2) is 0 Å². The fourth-order valence-corrected chi connectivity index (χ4v) is 2.22. The number of para-hydroxylation sites is 1. The van der Waals surface area contributed by atoms with Gasteiger partial charge in [-0.1, -0.05) is 18.2 Å². The number of nitrogens with two attached hydrogens (primary N) is 2. The van der Waals surface area contributed by atoms with Crippen molar-refractivity contribution in [1.82, 2.24) is 4.98 Å². The Bertz CT molecular complexity index is 607. The number of fused-ring (bicyclic) bond motifs is 1. The molecule has 6 heteroatoms. The van der Waals surface area contributed by atoms with Crippen molar-refractivity contribution in [1.29, 1.82) is 0 Å². The van der Waals surface area contributed by atoms with E-state index in [0.717, 1.165) is 22.3 Å². The average Bonchev–Trinajstić information content (AvgIpc) is 2.25. The molecule has 90 valence electrons. The highest BCUT2D eigenvalue weighted by molar-refractivity contribution is 7.60. The molecule has 0 bridgehead atoms. The summed E-state index contributed by atoms with van der Waals surface area (Å²) in [5.41, 5.74) is 13.4. The highest BCUT2D eigenvalue weighted by Gasteiger charge is 2.19. The number of anilines is 1. The Balaban J connectivity index is 2.72. The molecule has 0 atom stereocenters. The summed E-state index contributed by atoms with van der Waals surface area (Å²) < 4.78 is 13.2. The van der Waals surface area contributed by atoms with Gasteiger partial charge in [0, 0.05) is 18.1 Å². The van der Waals surface area contributed by atoms with Crippen molar-refractivity contribution in [3.63, 3.8) is 0 Å². The van der Waals surface area contributed by atoms with Crippen LogP contribution in [0.5, 0.6) is 0 Å². The third-order valence-electron chi connectivity index (χ3n) is 2.64. The lowest BCUT2D eigenvalue weighted by Gasteiger charge is -2.24. The number of pyridine rings is 1. The van der Waals surface area contributed by atoms with E-state index < -0.39 is 7.59 Å². The topological polar surface area (TPSA) is 85.2 Å². The number of aryl methyl sites for hydroxylation is 1. The number of nitrogens with zero attached hydrogens (tertiary/aromatic N) is 2. The summed E-state index contributed by atoms with van der Waals surface area (Å²) in [5.74, 6) is 0. The van der Waals surface area contributed by atoms with E-state index in [-0.39, 0.29) is 0 Å². The predicted octanol–water partition coefficient (Wildman–Crippen LogP) is 2.00. The first kappa shape index (κ1) is 12.0. The molecule has 17 heavy (non-hydrogen) atoms. The Labute approximate surface area is 100.0 Å². The number of hydrogen-bond donors (Lipinski definition) is 2. The van der Waals surface area contributed by atoms with Gasteiger partial charge in [0.1, 0.15) is 0 Å². The SMILES string of the molecule is Cc1cc(N(C)P(N)(N)=O)c2ccccc2n1. The maximum Gasteiger partial charge on any atom is 0.300 e. The van der Waals surface area contributed by atoms with E-state index in [9.17, 15) is 4.57 Å². The molecule has 0 radical (unpaired) electrons. The van der Waals surface area contributed by atoms with Crippen molar-refractivity contribution in [3.05, 3.63) is 36.0 Å². The van der Waals surface area contributed by atoms with Crippen molar-refractivity contribution < 1.29 is 4.57 Å². The molecule has 2 rings (SSSR count). The molecule has 1 aromatic carbocycles. The number of benzene rings is 1. The zero-order valence-corrected chi connectivity index (χ0v) is 10.7. The maximum atomic E-state index is 11.7. The minimum atomic E-state index is -3.30. The second-order valence-corrected chi connectivity index (χ2v) is 5.94. The maximum absolute atomic E-state index is 11.7. The second-order valence-electron chi connectivity index (χ2n) is 4.00. The Morgan fingerprint density at radius 2 is 1.94 bits per heavy atom. The summed E-state index contributed by atoms with van der Waals surface area (Å²) in [6.07, 6.45) is 0. The van der Waals surface area contributed by atoms with Crippen LogP contribution in [0, 0.1) is 6.92 Å². The lowest BCUT2D eigenvalue weighted by Crippen LogP contribution is -2.24. The van der Waals surface area contributed by atoms with Crippen LogP contribution >= 0.6 is 7.59 Å². The molecule has 4 N–H and O–H groups in total. The molecule has 1 heterocycles. The highest BCUT2D eigenvalue weighted by Crippen LogP contribution is 2.38. The van der Waals surface area contributed by atoms with E-state index in [1.54, 1.807) is 7.05 Å². The molecule has 0 saturated carbocycles. The molecule has 0 spiro atoms. The van der Waals surface area contributed by atoms with Crippen molar-refractivity contribution in [3.8, 4) is 0 Å². The van der Waals surface area contributed by atoms with E-state index in [2.05, 4.69) is 4.98 Å². The summed E-state index contributed by atoms with van der Waals surface area (Å²) in [7, 11) is -1.67. The van der Waals surface area contributed by atoms with Gasteiger partial charge < -0.3 is 4.67 Å². The first-order valence-corrected chi connectivity index (χ1v) is 6.97. The van der Waals surface area contributed by atoms with E-state index in [1.807, 2.05) is 37.3 Å². The van der Waals surface area contributed by atoms with Crippen LogP contribution in [0.2, 0.25) is 0 Å². The van der Waals surface area contributed by atoms with Gasteiger partial charge in [-0.05, 0) is 19.1 Å². The van der Waals surface area contributed by atoms with Crippen LogP contribution < -0.4 is 15.7 Å². The Morgan fingerprint density at radius 3 is 2.59 bits per heavy atom. The highest BCUT2D eigenvalue weighted by atomic mass is 31.2. The zero-order chi connectivity index (χ0) is 12.6. The number of hydrogen-bond acceptors (Lipinski definition) is 2. The molecule has 0 aliphatic carbocycles. The number of rotatable bonds is 2. The van der Waals surface area contributed by atoms with E-state index in [1.165, 1.54) is 4.67 Å². The molecule has 0 aliphatic heterocycles. The second kappa shape index (κ2) is 4.11. The van der Waals surface area contributed by atoms with Gasteiger partial charge in [-0.15, -0.1) is 0 Å². The molecule has 0 aliphatic rings. The normalized spacial score (nSPS) is 11.8. The van der Waals surface area contributed by atoms with E-state index in [4.69, 9.17) is 11.0 Å². The van der Waals surface area contributed by atoms with Gasteiger partial charge in [-0.2, -0.15) is 0 Å². The van der Waals surface area contributed by atoms with Gasteiger partial charge in [0.25, 0.3) is 7.59 Å². The molecular formula is C11H15N4OP.